The van der Waals surface area contributed by atoms with Gasteiger partial charge in [0.05, 0.1) is 5.69 Å². The van der Waals surface area contributed by atoms with Crippen LogP contribution in [0.25, 0.3) is 0 Å². The number of aromatic nitrogens is 2. The molecule has 0 fully saturated rings. The third-order valence-electron chi connectivity index (χ3n) is 0.979. The van der Waals surface area contributed by atoms with Gasteiger partial charge in [0.15, 0.2) is 0 Å². The Morgan fingerprint density at radius 1 is 1.25 bits per heavy atom. The Labute approximate surface area is 75.1 Å². The zero-order valence-corrected chi connectivity index (χ0v) is 8.41. The average Bonchev–Trinajstić information content (AvgIpc) is 2.05. The molecule has 0 aromatic carbocycles. The minimum Gasteiger partial charge on any atom is -0.261 e. The minimum atomic E-state index is 0.833. The molecule has 0 N–H and O–H groups in total. The van der Waals surface area contributed by atoms with Gasteiger partial charge in [-0.15, -0.1) is 0 Å². The number of nitrogens with zero attached hydrogens (tertiary/aromatic N) is 2. The van der Waals surface area contributed by atoms with Crippen LogP contribution >= 0.6 is 0 Å². The van der Waals surface area contributed by atoms with Crippen molar-refractivity contribution in [3.8, 4) is 0 Å². The molecule has 68 valence electrons. The first-order chi connectivity index (χ1) is 5.66. The number of rotatable bonds is 1. The van der Waals surface area contributed by atoms with Gasteiger partial charge in [0.2, 0.25) is 0 Å². The van der Waals surface area contributed by atoms with Crippen LogP contribution in [0.2, 0.25) is 0 Å². The normalized spacial score (nSPS) is 9.08. The van der Waals surface area contributed by atoms with Crippen LogP contribution in [-0.4, -0.2) is 9.97 Å². The van der Waals surface area contributed by atoms with Gasteiger partial charge in [0.25, 0.3) is 0 Å². The molecule has 0 bridgehead atoms. The SMILES string of the molecule is CC(C)C.CCc1cnccn1. The molecule has 1 heterocycles. The molecule has 2 nitrogen and oxygen atoms in total. The summed E-state index contributed by atoms with van der Waals surface area (Å²) in [5.74, 6) is 0.833. The molecular formula is C10H18N2. The Morgan fingerprint density at radius 3 is 2.08 bits per heavy atom. The van der Waals surface area contributed by atoms with Crippen LogP contribution in [0.1, 0.15) is 33.4 Å². The van der Waals surface area contributed by atoms with Crippen LogP contribution in [0.5, 0.6) is 0 Å². The van der Waals surface area contributed by atoms with Crippen molar-refractivity contribution in [2.75, 3.05) is 0 Å². The monoisotopic (exact) mass is 166 g/mol. The molecule has 0 unspecified atom stereocenters. The summed E-state index contributed by atoms with van der Waals surface area (Å²) in [6.45, 7) is 8.56. The third kappa shape index (κ3) is 7.19. The van der Waals surface area contributed by atoms with Gasteiger partial charge in [-0.3, -0.25) is 9.97 Å². The molecule has 1 aromatic rings. The molecule has 0 saturated heterocycles. The smallest absolute Gasteiger partial charge is 0.0583 e. The largest absolute Gasteiger partial charge is 0.261 e. The van der Waals surface area contributed by atoms with Crippen molar-refractivity contribution < 1.29 is 0 Å². The maximum absolute atomic E-state index is 4.03. The summed E-state index contributed by atoms with van der Waals surface area (Å²) in [5.41, 5.74) is 1.05. The molecule has 0 aliphatic carbocycles. The first-order valence-electron chi connectivity index (χ1n) is 4.41. The first kappa shape index (κ1) is 11.1. The summed E-state index contributed by atoms with van der Waals surface area (Å²) < 4.78 is 0. The highest BCUT2D eigenvalue weighted by molar-refractivity contribution is 4.92. The molecule has 12 heavy (non-hydrogen) atoms. The summed E-state index contributed by atoms with van der Waals surface area (Å²) >= 11 is 0. The lowest BCUT2D eigenvalue weighted by Crippen LogP contribution is -1.84. The molecule has 0 spiro atoms. The van der Waals surface area contributed by atoms with Crippen molar-refractivity contribution in [2.45, 2.75) is 34.1 Å². The van der Waals surface area contributed by atoms with E-state index in [4.69, 9.17) is 0 Å². The second kappa shape index (κ2) is 6.77. The number of aryl methyl sites for hydroxylation is 1. The predicted molar refractivity (Wildman–Crippen MR) is 51.9 cm³/mol. The zero-order valence-electron chi connectivity index (χ0n) is 8.41. The van der Waals surface area contributed by atoms with E-state index < -0.39 is 0 Å². The maximum Gasteiger partial charge on any atom is 0.0583 e. The second-order valence-electron chi connectivity index (χ2n) is 3.28. The Kier molecular flexibility index (Phi) is 6.25. The van der Waals surface area contributed by atoms with Gasteiger partial charge in [-0.25, -0.2) is 0 Å². The predicted octanol–water partition coefficient (Wildman–Crippen LogP) is 2.70. The minimum absolute atomic E-state index is 0.833. The maximum atomic E-state index is 4.03. The van der Waals surface area contributed by atoms with E-state index in [0.717, 1.165) is 18.0 Å². The van der Waals surface area contributed by atoms with Gasteiger partial charge in [-0.05, 0) is 12.3 Å². The van der Waals surface area contributed by atoms with Gasteiger partial charge in [-0.1, -0.05) is 27.7 Å². The van der Waals surface area contributed by atoms with E-state index in [2.05, 4.69) is 37.7 Å². The van der Waals surface area contributed by atoms with Crippen molar-refractivity contribution in [3.63, 3.8) is 0 Å². The third-order valence-corrected chi connectivity index (χ3v) is 0.979. The van der Waals surface area contributed by atoms with Crippen LogP contribution < -0.4 is 0 Å². The van der Waals surface area contributed by atoms with Crippen molar-refractivity contribution in [1.29, 1.82) is 0 Å². The quantitative estimate of drug-likeness (QED) is 0.641. The highest BCUT2D eigenvalue weighted by Gasteiger charge is 1.82. The summed E-state index contributed by atoms with van der Waals surface area (Å²) in [6.07, 6.45) is 6.13. The molecule has 0 aliphatic heterocycles. The van der Waals surface area contributed by atoms with E-state index in [-0.39, 0.29) is 0 Å². The van der Waals surface area contributed by atoms with Crippen LogP contribution in [0, 0.1) is 5.92 Å². The van der Waals surface area contributed by atoms with Crippen LogP contribution in [0.3, 0.4) is 0 Å². The molecule has 0 radical (unpaired) electrons. The summed E-state index contributed by atoms with van der Waals surface area (Å²) in [4.78, 5) is 7.93. The Hall–Kier alpha value is -0.920. The molecule has 2 heteroatoms. The van der Waals surface area contributed by atoms with Gasteiger partial charge in [0.1, 0.15) is 0 Å². The Bertz CT molecular complexity index is 180. The van der Waals surface area contributed by atoms with E-state index in [1.54, 1.807) is 18.6 Å². The van der Waals surface area contributed by atoms with Gasteiger partial charge in [0, 0.05) is 18.6 Å². The van der Waals surface area contributed by atoms with E-state index in [1.807, 2.05) is 0 Å². The van der Waals surface area contributed by atoms with Gasteiger partial charge >= 0.3 is 0 Å². The lowest BCUT2D eigenvalue weighted by atomic mass is 10.3. The Balaban J connectivity index is 0.000000261. The van der Waals surface area contributed by atoms with Crippen molar-refractivity contribution in [3.05, 3.63) is 24.3 Å². The van der Waals surface area contributed by atoms with E-state index in [0.29, 0.717) is 0 Å². The highest BCUT2D eigenvalue weighted by Crippen LogP contribution is 1.87. The second-order valence-corrected chi connectivity index (χ2v) is 3.28. The lowest BCUT2D eigenvalue weighted by Gasteiger charge is -1.88. The standard InChI is InChI=1S/C6H8N2.C4H10/c1-2-6-5-7-3-4-8-6;1-4(2)3/h3-5H,2H2,1H3;4H,1-3H3. The van der Waals surface area contributed by atoms with Crippen molar-refractivity contribution >= 4 is 0 Å². The molecule has 0 amide bonds. The van der Waals surface area contributed by atoms with Gasteiger partial charge < -0.3 is 0 Å². The summed E-state index contributed by atoms with van der Waals surface area (Å²) in [7, 11) is 0. The summed E-state index contributed by atoms with van der Waals surface area (Å²) in [5, 5.41) is 0. The molecule has 0 saturated carbocycles. The molecular weight excluding hydrogens is 148 g/mol. The fraction of sp³-hybridized carbons (Fsp3) is 0.600. The summed E-state index contributed by atoms with van der Waals surface area (Å²) in [6, 6.07) is 0. The zero-order chi connectivity index (χ0) is 9.40. The average molecular weight is 166 g/mol. The first-order valence-corrected chi connectivity index (χ1v) is 4.41. The molecule has 0 atom stereocenters. The fourth-order valence-electron chi connectivity index (χ4n) is 0.513. The molecule has 1 rings (SSSR count). The lowest BCUT2D eigenvalue weighted by molar-refractivity contribution is 0.737. The van der Waals surface area contributed by atoms with Gasteiger partial charge in [-0.2, -0.15) is 0 Å². The molecule has 1 aromatic heterocycles. The number of hydrogen-bond acceptors (Lipinski definition) is 2. The van der Waals surface area contributed by atoms with Crippen LogP contribution in [-0.2, 0) is 6.42 Å². The van der Waals surface area contributed by atoms with E-state index in [9.17, 15) is 0 Å². The number of hydrogen-bond donors (Lipinski definition) is 0. The van der Waals surface area contributed by atoms with Crippen molar-refractivity contribution in [1.82, 2.24) is 9.97 Å². The van der Waals surface area contributed by atoms with E-state index in [1.165, 1.54) is 0 Å². The van der Waals surface area contributed by atoms with Crippen molar-refractivity contribution in [2.24, 2.45) is 5.92 Å². The fourth-order valence-corrected chi connectivity index (χ4v) is 0.513. The van der Waals surface area contributed by atoms with E-state index >= 15 is 0 Å². The van der Waals surface area contributed by atoms with Crippen LogP contribution in [0.4, 0.5) is 0 Å². The Morgan fingerprint density at radius 2 is 1.83 bits per heavy atom. The topological polar surface area (TPSA) is 25.8 Å². The highest BCUT2D eigenvalue weighted by atomic mass is 14.8. The van der Waals surface area contributed by atoms with Crippen LogP contribution in [0.15, 0.2) is 18.6 Å². The molecule has 0 aliphatic rings.